The lowest BCUT2D eigenvalue weighted by atomic mass is 9.78. The molecule has 4 nitrogen and oxygen atoms in total. The Hall–Kier alpha value is -0.850. The number of piperidine rings is 1. The molecule has 1 aromatic heterocycles. The smallest absolute Gasteiger partial charge is 0.193 e. The van der Waals surface area contributed by atoms with E-state index in [1.54, 1.807) is 0 Å². The largest absolute Gasteiger partial charge is 0.357 e. The first-order chi connectivity index (χ1) is 11.2. The van der Waals surface area contributed by atoms with Gasteiger partial charge in [0.1, 0.15) is 0 Å². The van der Waals surface area contributed by atoms with Gasteiger partial charge < -0.3 is 10.2 Å². The second-order valence-corrected chi connectivity index (χ2v) is 6.93. The molecule has 1 saturated heterocycles. The molecule has 1 atom stereocenters. The summed E-state index contributed by atoms with van der Waals surface area (Å²) in [5, 5.41) is 3.48. The van der Waals surface area contributed by atoms with E-state index in [4.69, 9.17) is 4.99 Å². The van der Waals surface area contributed by atoms with Gasteiger partial charge in [-0.3, -0.25) is 9.98 Å². The fourth-order valence-corrected chi connectivity index (χ4v) is 3.57. The van der Waals surface area contributed by atoms with Gasteiger partial charge in [-0.2, -0.15) is 0 Å². The van der Waals surface area contributed by atoms with Gasteiger partial charge in [0.15, 0.2) is 5.96 Å². The third-order valence-corrected chi connectivity index (χ3v) is 4.65. The van der Waals surface area contributed by atoms with Gasteiger partial charge >= 0.3 is 0 Å². The minimum atomic E-state index is 0. The number of guanidine groups is 1. The van der Waals surface area contributed by atoms with Crippen molar-refractivity contribution in [2.75, 3.05) is 26.2 Å². The molecule has 0 aliphatic carbocycles. The van der Waals surface area contributed by atoms with E-state index in [0.29, 0.717) is 5.41 Å². The highest BCUT2D eigenvalue weighted by Crippen LogP contribution is 2.33. The Balaban J connectivity index is 0.00000288. The quantitative estimate of drug-likeness (QED) is 0.408. The second kappa shape index (κ2) is 10.9. The molecular weight excluding hydrogens is 411 g/mol. The van der Waals surface area contributed by atoms with Gasteiger partial charge in [-0.15, -0.1) is 24.0 Å². The first-order valence-corrected chi connectivity index (χ1v) is 9.09. The van der Waals surface area contributed by atoms with Crippen molar-refractivity contribution in [2.24, 2.45) is 10.4 Å². The summed E-state index contributed by atoms with van der Waals surface area (Å²) in [6.07, 6.45) is 9.87. The van der Waals surface area contributed by atoms with Gasteiger partial charge in [-0.1, -0.05) is 26.3 Å². The summed E-state index contributed by atoms with van der Waals surface area (Å²) >= 11 is 0. The topological polar surface area (TPSA) is 40.5 Å². The molecule has 24 heavy (non-hydrogen) atoms. The van der Waals surface area contributed by atoms with Crippen LogP contribution in [0.1, 0.15) is 52.0 Å². The van der Waals surface area contributed by atoms with Crippen LogP contribution in [0.2, 0.25) is 0 Å². The lowest BCUT2D eigenvalue weighted by molar-refractivity contribution is 0.142. The third-order valence-electron chi connectivity index (χ3n) is 4.65. The number of hydrogen-bond donors (Lipinski definition) is 1. The van der Waals surface area contributed by atoms with Gasteiger partial charge in [0, 0.05) is 38.6 Å². The van der Waals surface area contributed by atoms with Gasteiger partial charge in [-0.05, 0) is 49.7 Å². The van der Waals surface area contributed by atoms with Crippen molar-refractivity contribution in [3.63, 3.8) is 0 Å². The van der Waals surface area contributed by atoms with Crippen LogP contribution in [-0.4, -0.2) is 42.0 Å². The molecule has 5 heteroatoms. The minimum absolute atomic E-state index is 0. The molecule has 0 radical (unpaired) electrons. The molecule has 1 aromatic rings. The van der Waals surface area contributed by atoms with Gasteiger partial charge in [-0.25, -0.2) is 0 Å². The number of nitrogens with zero attached hydrogens (tertiary/aromatic N) is 3. The van der Waals surface area contributed by atoms with E-state index in [9.17, 15) is 0 Å². The Morgan fingerprint density at radius 1 is 1.42 bits per heavy atom. The van der Waals surface area contributed by atoms with Crippen molar-refractivity contribution in [3.05, 3.63) is 30.1 Å². The second-order valence-electron chi connectivity index (χ2n) is 6.93. The summed E-state index contributed by atoms with van der Waals surface area (Å²) in [5.74, 6) is 1.08. The van der Waals surface area contributed by atoms with Crippen LogP contribution in [0.25, 0.3) is 0 Å². The van der Waals surface area contributed by atoms with Crippen molar-refractivity contribution >= 4 is 29.9 Å². The summed E-state index contributed by atoms with van der Waals surface area (Å²) in [4.78, 5) is 11.5. The van der Waals surface area contributed by atoms with Gasteiger partial charge in [0.2, 0.25) is 0 Å². The fourth-order valence-electron chi connectivity index (χ4n) is 3.57. The number of aliphatic imine (C=N–C) groups is 1. The summed E-state index contributed by atoms with van der Waals surface area (Å²) in [7, 11) is 0. The Labute approximate surface area is 164 Å². The lowest BCUT2D eigenvalue weighted by Crippen LogP contribution is -2.49. The molecule has 0 spiro atoms. The van der Waals surface area contributed by atoms with Crippen molar-refractivity contribution in [1.82, 2.24) is 15.2 Å². The van der Waals surface area contributed by atoms with Crippen LogP contribution in [0.15, 0.2) is 29.5 Å². The van der Waals surface area contributed by atoms with Crippen LogP contribution in [0.5, 0.6) is 0 Å². The highest BCUT2D eigenvalue weighted by atomic mass is 127. The molecule has 1 aliphatic rings. The molecule has 0 aromatic carbocycles. The van der Waals surface area contributed by atoms with E-state index in [1.807, 2.05) is 18.5 Å². The van der Waals surface area contributed by atoms with Gasteiger partial charge in [0.05, 0.1) is 0 Å². The average molecular weight is 444 g/mol. The normalized spacial score (nSPS) is 21.3. The Bertz CT molecular complexity index is 487. The van der Waals surface area contributed by atoms with Crippen LogP contribution in [0, 0.1) is 5.41 Å². The maximum atomic E-state index is 4.86. The highest BCUT2D eigenvalue weighted by Gasteiger charge is 2.31. The molecule has 1 N–H and O–H groups in total. The fraction of sp³-hybridized carbons (Fsp3) is 0.684. The Morgan fingerprint density at radius 3 is 2.92 bits per heavy atom. The monoisotopic (exact) mass is 444 g/mol. The summed E-state index contributed by atoms with van der Waals surface area (Å²) in [6.45, 7) is 10.9. The zero-order valence-electron chi connectivity index (χ0n) is 15.4. The standard InChI is InChI=1S/C19H32N4.HI/c1-4-10-19(3)11-7-14-23(16-19)18(21-5-2)22-13-9-17-8-6-12-20-15-17;/h6,8,12,15H,4-5,7,9-11,13-14,16H2,1-3H3,(H,21,22);1H. The average Bonchev–Trinajstić information content (AvgIpc) is 2.55. The Morgan fingerprint density at radius 2 is 2.25 bits per heavy atom. The molecule has 1 unspecified atom stereocenters. The summed E-state index contributed by atoms with van der Waals surface area (Å²) in [6, 6.07) is 4.11. The molecule has 2 heterocycles. The number of halogens is 1. The molecule has 1 aliphatic heterocycles. The number of nitrogens with one attached hydrogen (secondary N) is 1. The predicted octanol–water partition coefficient (Wildman–Crippen LogP) is 4.11. The zero-order valence-corrected chi connectivity index (χ0v) is 17.8. The maximum Gasteiger partial charge on any atom is 0.193 e. The van der Waals surface area contributed by atoms with Crippen LogP contribution >= 0.6 is 24.0 Å². The van der Waals surface area contributed by atoms with Crippen molar-refractivity contribution < 1.29 is 0 Å². The van der Waals surface area contributed by atoms with Crippen LogP contribution in [0.4, 0.5) is 0 Å². The number of rotatable bonds is 6. The van der Waals surface area contributed by atoms with E-state index in [0.717, 1.165) is 38.6 Å². The predicted molar refractivity (Wildman–Crippen MR) is 113 cm³/mol. The first kappa shape index (κ1) is 21.2. The van der Waals surface area contributed by atoms with Crippen molar-refractivity contribution in [2.45, 2.75) is 52.9 Å². The summed E-state index contributed by atoms with van der Waals surface area (Å²) < 4.78 is 0. The number of pyridine rings is 1. The number of hydrogen-bond acceptors (Lipinski definition) is 2. The molecule has 0 bridgehead atoms. The SMILES string of the molecule is CCCC1(C)CCCN(C(=NCCc2cccnc2)NCC)C1.I. The van der Waals surface area contributed by atoms with E-state index < -0.39 is 0 Å². The third kappa shape index (κ3) is 6.57. The van der Waals surface area contributed by atoms with E-state index >= 15 is 0 Å². The minimum Gasteiger partial charge on any atom is -0.357 e. The van der Waals surface area contributed by atoms with Crippen molar-refractivity contribution in [3.8, 4) is 0 Å². The molecule has 0 amide bonds. The number of likely N-dealkylation sites (tertiary alicyclic amines) is 1. The van der Waals surface area contributed by atoms with Crippen LogP contribution in [-0.2, 0) is 6.42 Å². The van der Waals surface area contributed by atoms with E-state index in [-0.39, 0.29) is 24.0 Å². The number of aromatic nitrogens is 1. The van der Waals surface area contributed by atoms with E-state index in [2.05, 4.69) is 42.0 Å². The maximum absolute atomic E-state index is 4.86. The van der Waals surface area contributed by atoms with Crippen molar-refractivity contribution in [1.29, 1.82) is 0 Å². The molecule has 2 rings (SSSR count). The van der Waals surface area contributed by atoms with E-state index in [1.165, 1.54) is 31.2 Å². The molecule has 0 saturated carbocycles. The van der Waals surface area contributed by atoms with Gasteiger partial charge in [0.25, 0.3) is 0 Å². The highest BCUT2D eigenvalue weighted by molar-refractivity contribution is 14.0. The van der Waals surface area contributed by atoms with Crippen LogP contribution in [0.3, 0.4) is 0 Å². The lowest BCUT2D eigenvalue weighted by Gasteiger charge is -2.42. The zero-order chi connectivity index (χ0) is 16.5. The molecular formula is C19H33IN4. The first-order valence-electron chi connectivity index (χ1n) is 9.09. The molecule has 1 fully saturated rings. The Kier molecular flexibility index (Phi) is 9.63. The summed E-state index contributed by atoms with van der Waals surface area (Å²) in [5.41, 5.74) is 1.69. The molecule has 136 valence electrons. The van der Waals surface area contributed by atoms with Crippen LogP contribution < -0.4 is 5.32 Å².